The molecule has 0 aromatic carbocycles. The monoisotopic (exact) mass is 324 g/mol. The van der Waals surface area contributed by atoms with E-state index in [1.54, 1.807) is 0 Å². The molecule has 3 nitrogen and oxygen atoms in total. The van der Waals surface area contributed by atoms with E-state index in [0.717, 1.165) is 17.7 Å². The fraction of sp³-hybridized carbons (Fsp3) is 1.00. The van der Waals surface area contributed by atoms with Crippen LogP contribution < -0.4 is 0 Å². The topological polar surface area (TPSA) is 27.7 Å². The van der Waals surface area contributed by atoms with E-state index in [-0.39, 0.29) is 0 Å². The summed E-state index contributed by atoms with van der Waals surface area (Å²) < 4.78 is 17.5. The number of rotatable bonds is 13. The van der Waals surface area contributed by atoms with Crippen molar-refractivity contribution in [2.45, 2.75) is 44.9 Å². The molecule has 1 fully saturated rings. The molecule has 1 heterocycles. The third kappa shape index (κ3) is 7.97. The molecule has 0 N–H and O–H groups in total. The predicted octanol–water partition coefficient (Wildman–Crippen LogP) is 3.66. The largest absolute Gasteiger partial charge is 0.500 e. The highest BCUT2D eigenvalue weighted by molar-refractivity contribution is 8.07. The van der Waals surface area contributed by atoms with Crippen LogP contribution in [0.5, 0.6) is 0 Å². The van der Waals surface area contributed by atoms with Gasteiger partial charge in [0, 0.05) is 36.9 Å². The van der Waals surface area contributed by atoms with Crippen molar-refractivity contribution < 1.29 is 13.3 Å². The Bertz CT molecular complexity index is 211. The molecule has 0 aromatic rings. The van der Waals surface area contributed by atoms with Crippen LogP contribution in [0.3, 0.4) is 0 Å². The highest BCUT2D eigenvalue weighted by Gasteiger charge is 2.39. The Hall–Kier alpha value is 0.797. The summed E-state index contributed by atoms with van der Waals surface area (Å²) in [6, 6.07) is 0.952. The van der Waals surface area contributed by atoms with Gasteiger partial charge >= 0.3 is 8.80 Å². The van der Waals surface area contributed by atoms with Crippen molar-refractivity contribution in [3.63, 3.8) is 0 Å². The van der Waals surface area contributed by atoms with Gasteiger partial charge in [0.05, 0.1) is 0 Å². The highest BCUT2D eigenvalue weighted by Crippen LogP contribution is 2.34. The van der Waals surface area contributed by atoms with E-state index < -0.39 is 8.80 Å². The van der Waals surface area contributed by atoms with Crippen molar-refractivity contribution in [2.24, 2.45) is 0 Å². The lowest BCUT2D eigenvalue weighted by Gasteiger charge is -2.28. The van der Waals surface area contributed by atoms with Crippen LogP contribution in [-0.2, 0) is 13.3 Å². The van der Waals surface area contributed by atoms with E-state index in [9.17, 15) is 0 Å². The maximum absolute atomic E-state index is 5.85. The first-order chi connectivity index (χ1) is 9.26. The van der Waals surface area contributed by atoms with E-state index in [0.29, 0.717) is 19.8 Å². The summed E-state index contributed by atoms with van der Waals surface area (Å²) in [6.07, 6.45) is 2.51. The van der Waals surface area contributed by atoms with Crippen molar-refractivity contribution in [3.8, 4) is 0 Å². The van der Waals surface area contributed by atoms with Crippen molar-refractivity contribution in [1.82, 2.24) is 0 Å². The summed E-state index contributed by atoms with van der Waals surface area (Å²) in [4.78, 5) is 0. The van der Waals surface area contributed by atoms with Crippen LogP contribution in [0.1, 0.15) is 33.6 Å². The zero-order chi connectivity index (χ0) is 14.0. The van der Waals surface area contributed by atoms with Gasteiger partial charge < -0.3 is 13.3 Å². The minimum absolute atomic E-state index is 0.679. The first-order valence-electron chi connectivity index (χ1n) is 7.37. The summed E-state index contributed by atoms with van der Waals surface area (Å²) >= 11 is 4.15. The van der Waals surface area contributed by atoms with Crippen LogP contribution in [0.4, 0.5) is 0 Å². The average molecular weight is 325 g/mol. The van der Waals surface area contributed by atoms with Crippen molar-refractivity contribution in [3.05, 3.63) is 0 Å². The lowest BCUT2D eigenvalue weighted by Crippen LogP contribution is -2.46. The molecule has 1 unspecified atom stereocenters. The maximum Gasteiger partial charge on any atom is 0.500 e. The number of hydrogen-bond donors (Lipinski definition) is 0. The molecule has 0 spiro atoms. The smallest absolute Gasteiger partial charge is 0.374 e. The zero-order valence-electron chi connectivity index (χ0n) is 12.5. The first-order valence-corrected chi connectivity index (χ1v) is 11.5. The lowest BCUT2D eigenvalue weighted by atomic mass is 10.4. The summed E-state index contributed by atoms with van der Waals surface area (Å²) in [5, 5.41) is 0.969. The van der Waals surface area contributed by atoms with Gasteiger partial charge in [-0.05, 0) is 45.1 Å². The fourth-order valence-electron chi connectivity index (χ4n) is 1.94. The number of thioether (sulfide) groups is 2. The molecule has 1 saturated heterocycles. The van der Waals surface area contributed by atoms with Gasteiger partial charge in [-0.1, -0.05) is 0 Å². The Balaban J connectivity index is 2.17. The molecule has 0 saturated carbocycles. The molecular weight excluding hydrogens is 296 g/mol. The van der Waals surface area contributed by atoms with E-state index in [4.69, 9.17) is 13.3 Å². The third-order valence-electron chi connectivity index (χ3n) is 2.85. The molecule has 1 atom stereocenters. The van der Waals surface area contributed by atoms with Gasteiger partial charge in [0.15, 0.2) is 0 Å². The van der Waals surface area contributed by atoms with E-state index in [1.165, 1.54) is 23.7 Å². The lowest BCUT2D eigenvalue weighted by molar-refractivity contribution is 0.0712. The second kappa shape index (κ2) is 10.5. The molecule has 0 aromatic heterocycles. The van der Waals surface area contributed by atoms with Gasteiger partial charge in [-0.15, -0.1) is 0 Å². The molecule has 0 aliphatic carbocycles. The van der Waals surface area contributed by atoms with E-state index in [1.807, 2.05) is 20.8 Å². The molecule has 6 heteroatoms. The Morgan fingerprint density at radius 2 is 1.63 bits per heavy atom. The SMILES string of the molecule is CCO[Si](CCCSCCC1CS1)(OCC)OCC. The maximum atomic E-state index is 5.85. The quantitative estimate of drug-likeness (QED) is 0.293. The Morgan fingerprint density at radius 3 is 2.11 bits per heavy atom. The van der Waals surface area contributed by atoms with Crippen molar-refractivity contribution in [1.29, 1.82) is 0 Å². The van der Waals surface area contributed by atoms with Crippen molar-refractivity contribution >= 4 is 32.3 Å². The summed E-state index contributed by atoms with van der Waals surface area (Å²) in [7, 11) is -2.38. The molecule has 19 heavy (non-hydrogen) atoms. The Morgan fingerprint density at radius 1 is 1.05 bits per heavy atom. The number of hydrogen-bond acceptors (Lipinski definition) is 5. The zero-order valence-corrected chi connectivity index (χ0v) is 15.1. The minimum atomic E-state index is -2.38. The Labute approximate surface area is 127 Å². The normalized spacial score (nSPS) is 18.8. The summed E-state index contributed by atoms with van der Waals surface area (Å²) in [5.41, 5.74) is 0. The van der Waals surface area contributed by atoms with Gasteiger partial charge in [-0.2, -0.15) is 23.5 Å². The average Bonchev–Trinajstić information content (AvgIpc) is 3.19. The van der Waals surface area contributed by atoms with Crippen molar-refractivity contribution in [2.75, 3.05) is 37.1 Å². The molecule has 114 valence electrons. The fourth-order valence-corrected chi connectivity index (χ4v) is 6.55. The highest BCUT2D eigenvalue weighted by atomic mass is 32.2. The van der Waals surface area contributed by atoms with Crippen LogP contribution in [0.25, 0.3) is 0 Å². The van der Waals surface area contributed by atoms with Gasteiger partial charge in [-0.3, -0.25) is 0 Å². The van der Waals surface area contributed by atoms with Crippen LogP contribution in [-0.4, -0.2) is 51.1 Å². The first kappa shape index (κ1) is 17.8. The molecule has 1 aliphatic heterocycles. The molecule has 1 aliphatic rings. The predicted molar refractivity (Wildman–Crippen MR) is 88.2 cm³/mol. The standard InChI is InChI=1S/C13H28O3S2Si/c1-4-14-19(15-5-2,16-6-3)11-7-9-17-10-8-13-12-18-13/h13H,4-12H2,1-3H3. The summed E-state index contributed by atoms with van der Waals surface area (Å²) in [5.74, 6) is 3.87. The van der Waals surface area contributed by atoms with Gasteiger partial charge in [0.25, 0.3) is 0 Å². The molecule has 0 bridgehead atoms. The third-order valence-corrected chi connectivity index (χ3v) is 8.14. The molecule has 1 rings (SSSR count). The van der Waals surface area contributed by atoms with E-state index in [2.05, 4.69) is 23.5 Å². The van der Waals surface area contributed by atoms with Gasteiger partial charge in [-0.25, -0.2) is 0 Å². The van der Waals surface area contributed by atoms with Crippen LogP contribution in [0.15, 0.2) is 0 Å². The molecule has 0 radical (unpaired) electrons. The second-order valence-corrected chi connectivity index (χ2v) is 9.73. The van der Waals surface area contributed by atoms with Crippen LogP contribution in [0, 0.1) is 0 Å². The molecular formula is C13H28O3S2Si. The van der Waals surface area contributed by atoms with Crippen LogP contribution in [0.2, 0.25) is 6.04 Å². The Kier molecular flexibility index (Phi) is 9.88. The van der Waals surface area contributed by atoms with Gasteiger partial charge in [0.2, 0.25) is 0 Å². The second-order valence-electron chi connectivity index (χ2n) is 4.44. The minimum Gasteiger partial charge on any atom is -0.374 e. The molecule has 0 amide bonds. The van der Waals surface area contributed by atoms with Crippen LogP contribution >= 0.6 is 23.5 Å². The van der Waals surface area contributed by atoms with Gasteiger partial charge in [0.1, 0.15) is 0 Å². The summed E-state index contributed by atoms with van der Waals surface area (Å²) in [6.45, 7) is 8.08. The van der Waals surface area contributed by atoms with E-state index >= 15 is 0 Å².